The van der Waals surface area contributed by atoms with Crippen molar-refractivity contribution in [2.24, 2.45) is 0 Å². The molecule has 0 amide bonds. The molecule has 118 valence electrons. The Morgan fingerprint density at radius 1 is 0.818 bits per heavy atom. The van der Waals surface area contributed by atoms with Gasteiger partial charge < -0.3 is 14.3 Å². The first kappa shape index (κ1) is 24.2. The summed E-state index contributed by atoms with van der Waals surface area (Å²) in [7, 11) is 0. The third-order valence-corrected chi connectivity index (χ3v) is 1.75. The maximum Gasteiger partial charge on any atom is 0.0902 e. The summed E-state index contributed by atoms with van der Waals surface area (Å²) < 4.78 is 16.7. The van der Waals surface area contributed by atoms with Crippen LogP contribution in [0.4, 0.5) is 0 Å². The van der Waals surface area contributed by atoms with Crippen molar-refractivity contribution < 1.29 is 23.8 Å². The van der Waals surface area contributed by atoms with Crippen LogP contribution in [0.5, 0.6) is 0 Å². The van der Waals surface area contributed by atoms with E-state index >= 15 is 0 Å². The Kier molecular flexibility index (Phi) is 22.5. The molecule has 3 aromatic rings. The standard InChI is InChI=1S/C6H6.C5H4O2.C4H4O.CO.CH4.H2O/c1-2-4-6-5-3-1;6-4-5-2-1-3-7-5;1-2-4-5-3-1;1-2;;/h1-6H;1-4H;1-4H;;1H4;1H2. The number of hydrogen-bond acceptors (Lipinski definition) is 3. The molecule has 22 heavy (non-hydrogen) atoms. The SMILES string of the molecule is C.O.O=Cc1ccco1.[C-]#[O+].c1ccccc1.c1ccoc1. The summed E-state index contributed by atoms with van der Waals surface area (Å²) in [5.41, 5.74) is 0. The normalized spacial score (nSPS) is 6.82. The molecule has 1 aromatic carbocycles. The van der Waals surface area contributed by atoms with Gasteiger partial charge in [-0.2, -0.15) is 0 Å². The van der Waals surface area contributed by atoms with Crippen LogP contribution < -0.4 is 0 Å². The minimum Gasteiger partial charge on any atom is -0.473 e. The van der Waals surface area contributed by atoms with Crippen molar-refractivity contribution >= 4 is 6.29 Å². The fraction of sp³-hybridized carbons (Fsp3) is 0.0588. The van der Waals surface area contributed by atoms with E-state index in [1.165, 1.54) is 6.26 Å². The van der Waals surface area contributed by atoms with E-state index in [2.05, 4.69) is 15.5 Å². The van der Waals surface area contributed by atoms with Gasteiger partial charge in [0.15, 0.2) is 12.0 Å². The molecule has 5 heteroatoms. The molecule has 0 spiro atoms. The Balaban J connectivity index is -0.000000225. The summed E-state index contributed by atoms with van der Waals surface area (Å²) in [5, 5.41) is 0. The molecule has 2 aromatic heterocycles. The fourth-order valence-corrected chi connectivity index (χ4v) is 0.970. The second-order valence-electron chi connectivity index (χ2n) is 3.08. The first-order chi connectivity index (χ1) is 9.93. The third kappa shape index (κ3) is 15.2. The number of rotatable bonds is 1. The number of benzene rings is 1. The zero-order valence-electron chi connectivity index (χ0n) is 11.2. The van der Waals surface area contributed by atoms with Gasteiger partial charge in [-0.05, 0) is 24.3 Å². The first-order valence-electron chi connectivity index (χ1n) is 5.60. The number of furan rings is 2. The van der Waals surface area contributed by atoms with Crippen molar-refractivity contribution in [1.82, 2.24) is 0 Å². The van der Waals surface area contributed by atoms with Gasteiger partial charge in [0.25, 0.3) is 0 Å². The van der Waals surface area contributed by atoms with Crippen LogP contribution >= 0.6 is 0 Å². The van der Waals surface area contributed by atoms with E-state index in [1.807, 2.05) is 48.5 Å². The molecule has 2 heterocycles. The minimum absolute atomic E-state index is 0. The van der Waals surface area contributed by atoms with Crippen molar-refractivity contribution in [3.8, 4) is 0 Å². The van der Waals surface area contributed by atoms with E-state index in [0.29, 0.717) is 12.0 Å². The van der Waals surface area contributed by atoms with Gasteiger partial charge >= 0.3 is 11.3 Å². The molecule has 0 fully saturated rings. The summed E-state index contributed by atoms with van der Waals surface area (Å²) >= 11 is 0. The van der Waals surface area contributed by atoms with Crippen molar-refractivity contribution in [2.45, 2.75) is 7.43 Å². The van der Waals surface area contributed by atoms with Gasteiger partial charge in [-0.3, -0.25) is 4.79 Å². The monoisotopic (exact) mass is 304 g/mol. The molecule has 0 aliphatic rings. The predicted molar refractivity (Wildman–Crippen MR) is 83.5 cm³/mol. The molecular weight excluding hydrogens is 284 g/mol. The summed E-state index contributed by atoms with van der Waals surface area (Å²) in [4.78, 5) is 9.77. The van der Waals surface area contributed by atoms with Crippen LogP contribution in [0, 0.1) is 6.65 Å². The van der Waals surface area contributed by atoms with E-state index < -0.39 is 0 Å². The van der Waals surface area contributed by atoms with Crippen LogP contribution in [0.2, 0.25) is 0 Å². The van der Waals surface area contributed by atoms with E-state index in [0.717, 1.165) is 0 Å². The van der Waals surface area contributed by atoms with Crippen molar-refractivity contribution in [3.63, 3.8) is 0 Å². The zero-order valence-corrected chi connectivity index (χ0v) is 11.2. The molecule has 2 N–H and O–H groups in total. The molecule has 0 bridgehead atoms. The Morgan fingerprint density at radius 3 is 1.45 bits per heavy atom. The average molecular weight is 304 g/mol. The quantitative estimate of drug-likeness (QED) is 0.388. The molecular formula is C17H20O5. The second-order valence-corrected chi connectivity index (χ2v) is 3.08. The Bertz CT molecular complexity index is 469. The summed E-state index contributed by atoms with van der Waals surface area (Å²) in [6.07, 6.45) is 5.38. The third-order valence-electron chi connectivity index (χ3n) is 1.75. The fourth-order valence-electron chi connectivity index (χ4n) is 0.970. The second kappa shape index (κ2) is 20.5. The number of carbonyl (C=O) groups excluding carboxylic acids is 1. The number of carbonyl (C=O) groups is 1. The van der Waals surface area contributed by atoms with Crippen LogP contribution in [-0.4, -0.2) is 11.8 Å². The van der Waals surface area contributed by atoms with Gasteiger partial charge in [0.05, 0.1) is 18.8 Å². The molecule has 0 saturated heterocycles. The molecule has 0 saturated carbocycles. The van der Waals surface area contributed by atoms with E-state index in [-0.39, 0.29) is 12.9 Å². The van der Waals surface area contributed by atoms with Crippen molar-refractivity contribution in [1.29, 1.82) is 0 Å². The molecule has 0 aliphatic heterocycles. The van der Waals surface area contributed by atoms with E-state index in [4.69, 9.17) is 4.65 Å². The molecule has 3 rings (SSSR count). The van der Waals surface area contributed by atoms with Crippen molar-refractivity contribution in [2.75, 3.05) is 0 Å². The Morgan fingerprint density at radius 2 is 1.27 bits per heavy atom. The van der Waals surface area contributed by atoms with E-state index in [9.17, 15) is 4.79 Å². The van der Waals surface area contributed by atoms with Crippen LogP contribution in [0.3, 0.4) is 0 Å². The largest absolute Gasteiger partial charge is 0.473 e. The molecule has 0 unspecified atom stereocenters. The zero-order chi connectivity index (χ0) is 14.9. The first-order valence-corrected chi connectivity index (χ1v) is 5.60. The van der Waals surface area contributed by atoms with Crippen molar-refractivity contribution in [3.05, 3.63) is 91.9 Å². The van der Waals surface area contributed by atoms with Gasteiger partial charge in [-0.15, -0.1) is 0 Å². The minimum atomic E-state index is 0. The van der Waals surface area contributed by atoms with Crippen LogP contribution in [0.1, 0.15) is 18.0 Å². The van der Waals surface area contributed by atoms with E-state index in [1.54, 1.807) is 24.7 Å². The van der Waals surface area contributed by atoms with Gasteiger partial charge in [0.2, 0.25) is 0 Å². The number of hydrogen-bond donors (Lipinski definition) is 0. The Labute approximate surface area is 130 Å². The maximum atomic E-state index is 9.77. The summed E-state index contributed by atoms with van der Waals surface area (Å²) in [5.74, 6) is 0.375. The topological polar surface area (TPSA) is 94.8 Å². The summed E-state index contributed by atoms with van der Waals surface area (Å²) in [6.45, 7) is 4.50. The average Bonchev–Trinajstić information content (AvgIpc) is 3.27. The maximum absolute atomic E-state index is 9.77. The van der Waals surface area contributed by atoms with Crippen LogP contribution in [-0.2, 0) is 4.65 Å². The van der Waals surface area contributed by atoms with Gasteiger partial charge in [0, 0.05) is 0 Å². The smallest absolute Gasteiger partial charge is 0.0902 e. The summed E-state index contributed by atoms with van der Waals surface area (Å²) in [6, 6.07) is 18.9. The predicted octanol–water partition coefficient (Wildman–Crippen LogP) is 3.83. The van der Waals surface area contributed by atoms with Gasteiger partial charge in [-0.25, -0.2) is 0 Å². The van der Waals surface area contributed by atoms with Gasteiger partial charge in [0.1, 0.15) is 0 Å². The van der Waals surface area contributed by atoms with Crippen LogP contribution in [0.25, 0.3) is 0 Å². The molecule has 0 aliphatic carbocycles. The molecule has 0 atom stereocenters. The number of aldehydes is 1. The van der Waals surface area contributed by atoms with Gasteiger partial charge in [-0.1, -0.05) is 43.8 Å². The van der Waals surface area contributed by atoms with Crippen LogP contribution in [0.15, 0.2) is 88.3 Å². The molecule has 5 nitrogen and oxygen atoms in total. The Hall–Kier alpha value is -2.85. The molecule has 0 radical (unpaired) electrons.